The summed E-state index contributed by atoms with van der Waals surface area (Å²) in [5.74, 6) is 0. The van der Waals surface area contributed by atoms with E-state index in [0.29, 0.717) is 0 Å². The van der Waals surface area contributed by atoms with Gasteiger partial charge in [0.2, 0.25) is 0 Å². The quantitative estimate of drug-likeness (QED) is 0.804. The Hall–Kier alpha value is -1.13. The van der Waals surface area contributed by atoms with Gasteiger partial charge < -0.3 is 4.42 Å². The molecule has 1 aliphatic carbocycles. The van der Waals surface area contributed by atoms with Crippen molar-refractivity contribution in [1.29, 1.82) is 0 Å². The van der Waals surface area contributed by atoms with Gasteiger partial charge in [0.25, 0.3) is 5.22 Å². The highest BCUT2D eigenvalue weighted by Crippen LogP contribution is 2.35. The summed E-state index contributed by atoms with van der Waals surface area (Å²) < 4.78 is 5.70. The smallest absolute Gasteiger partial charge is 0.268 e. The van der Waals surface area contributed by atoms with Gasteiger partial charge in [-0.05, 0) is 48.8 Å². The fourth-order valence-electron chi connectivity index (χ4n) is 1.76. The molecule has 92 valence electrons. The first kappa shape index (κ1) is 11.9. The predicted octanol–water partition coefficient (Wildman–Crippen LogP) is 3.14. The van der Waals surface area contributed by atoms with Gasteiger partial charge in [0.15, 0.2) is 5.42 Å². The minimum atomic E-state index is 0.736. The summed E-state index contributed by atoms with van der Waals surface area (Å²) in [6.07, 6.45) is 6.37. The van der Waals surface area contributed by atoms with E-state index < -0.39 is 0 Å². The Kier molecular flexibility index (Phi) is 3.48. The fourth-order valence-corrected chi connectivity index (χ4v) is 3.49. The van der Waals surface area contributed by atoms with Gasteiger partial charge in [0.05, 0.1) is 0 Å². The molecule has 0 aliphatic heterocycles. The van der Waals surface area contributed by atoms with E-state index in [-0.39, 0.29) is 0 Å². The number of hydrogen-bond donors (Lipinski definition) is 0. The van der Waals surface area contributed by atoms with E-state index in [9.17, 15) is 0 Å². The molecule has 3 rings (SSSR count). The first-order chi connectivity index (χ1) is 8.81. The van der Waals surface area contributed by atoms with Crippen LogP contribution in [-0.4, -0.2) is 4.98 Å². The number of aryl methyl sites for hydroxylation is 1. The number of fused-ring (bicyclic) bond motifs is 1. The lowest BCUT2D eigenvalue weighted by atomic mass is 10.2. The molecule has 1 aromatic carbocycles. The molecule has 1 heterocycles. The zero-order valence-electron chi connectivity index (χ0n) is 10.1. The van der Waals surface area contributed by atoms with Crippen LogP contribution in [0.1, 0.15) is 18.4 Å². The van der Waals surface area contributed by atoms with Crippen LogP contribution in [0, 0.1) is 6.92 Å². The van der Waals surface area contributed by atoms with E-state index in [1.807, 2.05) is 0 Å². The molecule has 0 spiro atoms. The zero-order valence-corrected chi connectivity index (χ0v) is 11.7. The lowest BCUT2D eigenvalue weighted by molar-refractivity contribution is 0.429. The summed E-state index contributed by atoms with van der Waals surface area (Å²) in [4.78, 5) is 5.69. The molecule has 0 unspecified atom stereocenters. The fraction of sp³-hybridized carbons (Fsp3) is 0.214. The summed E-state index contributed by atoms with van der Waals surface area (Å²) in [5, 5.41) is 1.73. The first-order valence-electron chi connectivity index (χ1n) is 5.90. The third-order valence-corrected chi connectivity index (χ3v) is 4.85. The Labute approximate surface area is 114 Å². The van der Waals surface area contributed by atoms with Crippen LogP contribution < -0.4 is 10.8 Å². The monoisotopic (exact) mass is 275 g/mol. The van der Waals surface area contributed by atoms with Crippen molar-refractivity contribution in [2.24, 2.45) is 0 Å². The van der Waals surface area contributed by atoms with Crippen LogP contribution in [0.4, 0.5) is 0 Å². The SMILES string of the molecule is Cc1ccc(SSc2nc3c(o2)=CCCC=3)cc1. The molecule has 0 amide bonds. The van der Waals surface area contributed by atoms with Crippen LogP contribution in [0.5, 0.6) is 0 Å². The zero-order chi connectivity index (χ0) is 12.4. The van der Waals surface area contributed by atoms with Crippen LogP contribution in [0.25, 0.3) is 12.2 Å². The summed E-state index contributed by atoms with van der Waals surface area (Å²) in [6.45, 7) is 2.09. The van der Waals surface area contributed by atoms with Crippen LogP contribution in [0.15, 0.2) is 38.8 Å². The number of hydrogen-bond acceptors (Lipinski definition) is 4. The molecule has 4 heteroatoms. The highest BCUT2D eigenvalue weighted by molar-refractivity contribution is 8.76. The molecule has 0 saturated heterocycles. The number of rotatable bonds is 3. The Morgan fingerprint density at radius 3 is 2.61 bits per heavy atom. The molecule has 1 aromatic heterocycles. The third-order valence-electron chi connectivity index (χ3n) is 2.73. The first-order valence-corrected chi connectivity index (χ1v) is 8.05. The van der Waals surface area contributed by atoms with Gasteiger partial charge in [-0.1, -0.05) is 23.8 Å². The molecule has 1 aliphatic rings. The average Bonchev–Trinajstić information content (AvgIpc) is 2.81. The molecule has 2 aromatic rings. The largest absolute Gasteiger partial charge is 0.431 e. The number of benzene rings is 1. The van der Waals surface area contributed by atoms with Crippen molar-refractivity contribution in [1.82, 2.24) is 4.98 Å². The molecule has 0 fully saturated rings. The molecule has 0 radical (unpaired) electrons. The van der Waals surface area contributed by atoms with Gasteiger partial charge in [-0.2, -0.15) is 0 Å². The molecule has 0 bridgehead atoms. The van der Waals surface area contributed by atoms with E-state index in [1.54, 1.807) is 21.6 Å². The van der Waals surface area contributed by atoms with Crippen LogP contribution in [-0.2, 0) is 0 Å². The van der Waals surface area contributed by atoms with Crippen molar-refractivity contribution < 1.29 is 4.42 Å². The maximum Gasteiger partial charge on any atom is 0.268 e. The van der Waals surface area contributed by atoms with Crippen LogP contribution in [0.3, 0.4) is 0 Å². The minimum Gasteiger partial charge on any atom is -0.431 e. The summed E-state index contributed by atoms with van der Waals surface area (Å²) in [6, 6.07) is 8.47. The van der Waals surface area contributed by atoms with E-state index in [2.05, 4.69) is 48.3 Å². The molecule has 2 nitrogen and oxygen atoms in total. The highest BCUT2D eigenvalue weighted by atomic mass is 33.1. The second-order valence-electron chi connectivity index (χ2n) is 4.19. The minimum absolute atomic E-state index is 0.736. The van der Waals surface area contributed by atoms with Crippen molar-refractivity contribution in [2.45, 2.75) is 29.9 Å². The van der Waals surface area contributed by atoms with Gasteiger partial charge in [-0.15, -0.1) is 0 Å². The standard InChI is InChI=1S/C14H13NOS2/c1-10-6-8-11(9-7-10)17-18-14-15-12-4-2-3-5-13(12)16-14/h4-9H,2-3H2,1H3. The van der Waals surface area contributed by atoms with E-state index in [0.717, 1.165) is 28.8 Å². The number of aromatic nitrogens is 1. The van der Waals surface area contributed by atoms with Gasteiger partial charge in [-0.25, -0.2) is 4.98 Å². The highest BCUT2D eigenvalue weighted by Gasteiger charge is 2.06. The normalized spacial score (nSPS) is 13.6. The molecule has 0 saturated carbocycles. The van der Waals surface area contributed by atoms with Crippen LogP contribution >= 0.6 is 21.6 Å². The van der Waals surface area contributed by atoms with E-state index in [4.69, 9.17) is 4.42 Å². The lowest BCUT2D eigenvalue weighted by Gasteiger charge is -1.97. The second-order valence-corrected chi connectivity index (χ2v) is 6.35. The summed E-state index contributed by atoms with van der Waals surface area (Å²) in [5.41, 5.74) is 2.20. The molecular weight excluding hydrogens is 262 g/mol. The van der Waals surface area contributed by atoms with Crippen molar-refractivity contribution in [2.75, 3.05) is 0 Å². The Morgan fingerprint density at radius 2 is 1.83 bits per heavy atom. The molecule has 18 heavy (non-hydrogen) atoms. The number of oxazole rings is 1. The van der Waals surface area contributed by atoms with Gasteiger partial charge >= 0.3 is 0 Å². The third kappa shape index (κ3) is 2.65. The van der Waals surface area contributed by atoms with E-state index >= 15 is 0 Å². The maximum absolute atomic E-state index is 5.70. The van der Waals surface area contributed by atoms with Crippen molar-refractivity contribution in [3.05, 3.63) is 40.6 Å². The molecule has 0 atom stereocenters. The van der Waals surface area contributed by atoms with E-state index in [1.165, 1.54) is 10.5 Å². The van der Waals surface area contributed by atoms with Crippen molar-refractivity contribution in [3.63, 3.8) is 0 Å². The Bertz CT molecular complexity index is 625. The van der Waals surface area contributed by atoms with Gasteiger partial charge in [0, 0.05) is 15.7 Å². The second kappa shape index (κ2) is 5.24. The number of nitrogens with zero attached hydrogens (tertiary/aromatic N) is 1. The Balaban J connectivity index is 1.74. The van der Waals surface area contributed by atoms with Crippen molar-refractivity contribution >= 4 is 33.7 Å². The maximum atomic E-state index is 5.70. The van der Waals surface area contributed by atoms with Crippen LogP contribution in [0.2, 0.25) is 0 Å². The van der Waals surface area contributed by atoms with Gasteiger partial charge in [-0.3, -0.25) is 0 Å². The molecule has 0 N–H and O–H groups in total. The summed E-state index contributed by atoms with van der Waals surface area (Å²) in [7, 11) is 3.25. The summed E-state index contributed by atoms with van der Waals surface area (Å²) >= 11 is 0. The average molecular weight is 275 g/mol. The molecular formula is C14H13NOS2. The lowest BCUT2D eigenvalue weighted by Crippen LogP contribution is -2.23. The predicted molar refractivity (Wildman–Crippen MR) is 76.8 cm³/mol. The Morgan fingerprint density at radius 1 is 1.06 bits per heavy atom. The topological polar surface area (TPSA) is 26.0 Å². The van der Waals surface area contributed by atoms with Crippen molar-refractivity contribution in [3.8, 4) is 0 Å². The van der Waals surface area contributed by atoms with Gasteiger partial charge in [0.1, 0.15) is 5.35 Å².